The predicted octanol–water partition coefficient (Wildman–Crippen LogP) is 0.967. The fraction of sp³-hybridized carbons (Fsp3) is 0.667. The Hall–Kier alpha value is -1.36. The van der Waals surface area contributed by atoms with Gasteiger partial charge in [-0.3, -0.25) is 0 Å². The first-order valence-electron chi connectivity index (χ1n) is 6.01. The van der Waals surface area contributed by atoms with Crippen molar-refractivity contribution in [3.05, 3.63) is 11.9 Å². The number of aromatic nitrogens is 2. The van der Waals surface area contributed by atoms with Crippen LogP contribution in [0.25, 0.3) is 0 Å². The molecule has 1 aliphatic rings. The molecular formula is C12H20N4O. The Bertz CT molecular complexity index is 396. The summed E-state index contributed by atoms with van der Waals surface area (Å²) in [5.41, 5.74) is 6.84. The monoisotopic (exact) mass is 236 g/mol. The second-order valence-electron chi connectivity index (χ2n) is 4.59. The van der Waals surface area contributed by atoms with E-state index < -0.39 is 0 Å². The van der Waals surface area contributed by atoms with E-state index >= 15 is 0 Å². The van der Waals surface area contributed by atoms with Crippen LogP contribution in [0.3, 0.4) is 0 Å². The van der Waals surface area contributed by atoms with Crippen molar-refractivity contribution in [2.45, 2.75) is 26.3 Å². The molecule has 0 saturated carbocycles. The van der Waals surface area contributed by atoms with Gasteiger partial charge in [-0.25, -0.2) is 9.97 Å². The maximum Gasteiger partial charge on any atom is 0.221 e. The van der Waals surface area contributed by atoms with Crippen LogP contribution in [0, 0.1) is 12.8 Å². The van der Waals surface area contributed by atoms with Crippen molar-refractivity contribution in [3.63, 3.8) is 0 Å². The summed E-state index contributed by atoms with van der Waals surface area (Å²) in [5.74, 6) is 2.21. The first-order chi connectivity index (χ1) is 8.19. The number of ether oxygens (including phenoxy) is 1. The predicted molar refractivity (Wildman–Crippen MR) is 67.3 cm³/mol. The van der Waals surface area contributed by atoms with Gasteiger partial charge in [0, 0.05) is 19.1 Å². The van der Waals surface area contributed by atoms with Gasteiger partial charge in [-0.1, -0.05) is 6.92 Å². The summed E-state index contributed by atoms with van der Waals surface area (Å²) in [5, 5.41) is 0. The van der Waals surface area contributed by atoms with Gasteiger partial charge in [0.2, 0.25) is 5.88 Å². The van der Waals surface area contributed by atoms with Gasteiger partial charge in [-0.15, -0.1) is 0 Å². The molecule has 0 spiro atoms. The SMILES string of the molecule is COc1ncnc(N2CCC(C)C2CN)c1C. The lowest BCUT2D eigenvalue weighted by atomic mass is 10.0. The van der Waals surface area contributed by atoms with E-state index in [0.717, 1.165) is 24.3 Å². The zero-order valence-electron chi connectivity index (χ0n) is 10.7. The first-order valence-corrected chi connectivity index (χ1v) is 6.01. The molecule has 1 saturated heterocycles. The van der Waals surface area contributed by atoms with Crippen LogP contribution in [0.1, 0.15) is 18.9 Å². The molecule has 2 unspecified atom stereocenters. The average Bonchev–Trinajstić information content (AvgIpc) is 2.70. The number of hydrogen-bond acceptors (Lipinski definition) is 5. The smallest absolute Gasteiger partial charge is 0.221 e. The van der Waals surface area contributed by atoms with Crippen molar-refractivity contribution in [1.29, 1.82) is 0 Å². The highest BCUT2D eigenvalue weighted by Crippen LogP contribution is 2.32. The number of anilines is 1. The zero-order chi connectivity index (χ0) is 12.4. The molecule has 2 heterocycles. The number of nitrogens with zero attached hydrogens (tertiary/aromatic N) is 3. The van der Waals surface area contributed by atoms with Crippen LogP contribution in [-0.4, -0.2) is 36.2 Å². The van der Waals surface area contributed by atoms with Gasteiger partial charge in [0.1, 0.15) is 12.1 Å². The van der Waals surface area contributed by atoms with Gasteiger partial charge in [0.25, 0.3) is 0 Å². The van der Waals surface area contributed by atoms with Gasteiger partial charge in [-0.05, 0) is 19.3 Å². The first kappa shape index (κ1) is 12.1. The van der Waals surface area contributed by atoms with E-state index in [1.807, 2.05) is 6.92 Å². The number of methoxy groups -OCH3 is 1. The Kier molecular flexibility index (Phi) is 3.47. The van der Waals surface area contributed by atoms with E-state index in [1.165, 1.54) is 0 Å². The Balaban J connectivity index is 2.34. The lowest BCUT2D eigenvalue weighted by Crippen LogP contribution is -2.39. The molecular weight excluding hydrogens is 216 g/mol. The molecule has 1 aliphatic heterocycles. The lowest BCUT2D eigenvalue weighted by molar-refractivity contribution is 0.393. The Morgan fingerprint density at radius 3 is 2.94 bits per heavy atom. The van der Waals surface area contributed by atoms with Gasteiger partial charge in [0.05, 0.1) is 12.7 Å². The molecule has 1 aromatic rings. The van der Waals surface area contributed by atoms with E-state index in [1.54, 1.807) is 13.4 Å². The minimum absolute atomic E-state index is 0.369. The van der Waals surface area contributed by atoms with E-state index in [2.05, 4.69) is 21.8 Å². The lowest BCUT2D eigenvalue weighted by Gasteiger charge is -2.28. The van der Waals surface area contributed by atoms with Crippen molar-refractivity contribution in [2.75, 3.05) is 25.1 Å². The van der Waals surface area contributed by atoms with E-state index in [-0.39, 0.29) is 0 Å². The van der Waals surface area contributed by atoms with Gasteiger partial charge < -0.3 is 15.4 Å². The minimum Gasteiger partial charge on any atom is -0.481 e. The minimum atomic E-state index is 0.369. The van der Waals surface area contributed by atoms with Crippen molar-refractivity contribution < 1.29 is 4.74 Å². The maximum atomic E-state index is 5.86. The van der Waals surface area contributed by atoms with Crippen LogP contribution in [0.5, 0.6) is 5.88 Å². The Labute approximate surface area is 102 Å². The van der Waals surface area contributed by atoms with Gasteiger partial charge in [0.15, 0.2) is 0 Å². The molecule has 0 amide bonds. The van der Waals surface area contributed by atoms with Crippen molar-refractivity contribution >= 4 is 5.82 Å². The van der Waals surface area contributed by atoms with Crippen molar-refractivity contribution in [1.82, 2.24) is 9.97 Å². The summed E-state index contributed by atoms with van der Waals surface area (Å²) in [7, 11) is 1.63. The molecule has 94 valence electrons. The van der Waals surface area contributed by atoms with E-state index in [4.69, 9.17) is 10.5 Å². The summed E-state index contributed by atoms with van der Waals surface area (Å²) < 4.78 is 5.23. The van der Waals surface area contributed by atoms with Crippen LogP contribution in [-0.2, 0) is 0 Å². The van der Waals surface area contributed by atoms with E-state index in [0.29, 0.717) is 24.4 Å². The van der Waals surface area contributed by atoms with Crippen LogP contribution in [0.2, 0.25) is 0 Å². The molecule has 2 rings (SSSR count). The maximum absolute atomic E-state index is 5.86. The summed E-state index contributed by atoms with van der Waals surface area (Å²) in [4.78, 5) is 10.8. The van der Waals surface area contributed by atoms with Crippen molar-refractivity contribution in [2.24, 2.45) is 11.7 Å². The summed E-state index contributed by atoms with van der Waals surface area (Å²) >= 11 is 0. The summed E-state index contributed by atoms with van der Waals surface area (Å²) in [6.45, 7) is 5.90. The molecule has 5 heteroatoms. The normalized spacial score (nSPS) is 24.1. The third-order valence-electron chi connectivity index (χ3n) is 3.60. The van der Waals surface area contributed by atoms with Gasteiger partial charge >= 0.3 is 0 Å². The fourth-order valence-electron chi connectivity index (χ4n) is 2.55. The number of rotatable bonds is 3. The fourth-order valence-corrected chi connectivity index (χ4v) is 2.55. The number of hydrogen-bond donors (Lipinski definition) is 1. The topological polar surface area (TPSA) is 64.3 Å². The van der Waals surface area contributed by atoms with Crippen LogP contribution in [0.15, 0.2) is 6.33 Å². The molecule has 2 N–H and O–H groups in total. The molecule has 0 radical (unpaired) electrons. The summed E-state index contributed by atoms with van der Waals surface area (Å²) in [6, 6.07) is 0.369. The quantitative estimate of drug-likeness (QED) is 0.847. The molecule has 0 bridgehead atoms. The van der Waals surface area contributed by atoms with Gasteiger partial charge in [-0.2, -0.15) is 0 Å². The van der Waals surface area contributed by atoms with Crippen molar-refractivity contribution in [3.8, 4) is 5.88 Å². The zero-order valence-corrected chi connectivity index (χ0v) is 10.7. The molecule has 5 nitrogen and oxygen atoms in total. The second-order valence-corrected chi connectivity index (χ2v) is 4.59. The van der Waals surface area contributed by atoms with Crippen LogP contribution < -0.4 is 15.4 Å². The molecule has 17 heavy (non-hydrogen) atoms. The Morgan fingerprint density at radius 1 is 1.53 bits per heavy atom. The molecule has 2 atom stereocenters. The highest BCUT2D eigenvalue weighted by atomic mass is 16.5. The molecule has 0 aliphatic carbocycles. The number of nitrogens with two attached hydrogens (primary N) is 1. The average molecular weight is 236 g/mol. The third-order valence-corrected chi connectivity index (χ3v) is 3.60. The standard InChI is InChI=1S/C12H20N4O/c1-8-4-5-16(10(8)6-13)11-9(2)12(17-3)15-7-14-11/h7-8,10H,4-6,13H2,1-3H3. The van der Waals surface area contributed by atoms with Crippen LogP contribution >= 0.6 is 0 Å². The molecule has 1 aromatic heterocycles. The Morgan fingerprint density at radius 2 is 2.29 bits per heavy atom. The third kappa shape index (κ3) is 2.07. The molecule has 0 aromatic carbocycles. The van der Waals surface area contributed by atoms with Crippen LogP contribution in [0.4, 0.5) is 5.82 Å². The van der Waals surface area contributed by atoms with E-state index in [9.17, 15) is 0 Å². The molecule has 1 fully saturated rings. The largest absolute Gasteiger partial charge is 0.481 e. The summed E-state index contributed by atoms with van der Waals surface area (Å²) in [6.07, 6.45) is 2.71. The highest BCUT2D eigenvalue weighted by molar-refractivity contribution is 5.52. The second kappa shape index (κ2) is 4.87. The highest BCUT2D eigenvalue weighted by Gasteiger charge is 2.32.